The lowest BCUT2D eigenvalue weighted by Crippen LogP contribution is -2.43. The Morgan fingerprint density at radius 1 is 0.912 bits per heavy atom. The Bertz CT molecular complexity index is 1420. The van der Waals surface area contributed by atoms with Crippen LogP contribution in [0.3, 0.4) is 0 Å². The van der Waals surface area contributed by atoms with Crippen molar-refractivity contribution in [3.8, 4) is 11.4 Å². The van der Waals surface area contributed by atoms with Crippen LogP contribution in [0.1, 0.15) is 18.2 Å². The van der Waals surface area contributed by atoms with Crippen molar-refractivity contribution >= 4 is 34.6 Å². The van der Waals surface area contributed by atoms with Crippen molar-refractivity contribution in [3.05, 3.63) is 90.1 Å². The molecular weight excluding hydrogens is 424 g/mol. The molecule has 0 saturated heterocycles. The maximum Gasteiger partial charge on any atom is 0.179 e. The van der Waals surface area contributed by atoms with Gasteiger partial charge >= 0.3 is 0 Å². The molecule has 1 aromatic heterocycles. The van der Waals surface area contributed by atoms with Gasteiger partial charge in [0.1, 0.15) is 5.75 Å². The first-order valence-electron chi connectivity index (χ1n) is 11.4. The molecule has 0 spiro atoms. The third kappa shape index (κ3) is 3.42. The van der Waals surface area contributed by atoms with E-state index in [-0.39, 0.29) is 0 Å². The lowest BCUT2D eigenvalue weighted by atomic mass is 10.1. The summed E-state index contributed by atoms with van der Waals surface area (Å²) in [5.41, 5.74) is 5.94. The first kappa shape index (κ1) is 20.2. The van der Waals surface area contributed by atoms with E-state index in [1.807, 2.05) is 91.3 Å². The van der Waals surface area contributed by atoms with E-state index in [1.165, 1.54) is 0 Å². The normalized spacial score (nSPS) is 13.9. The van der Waals surface area contributed by atoms with Gasteiger partial charge in [0, 0.05) is 11.3 Å². The average Bonchev–Trinajstić information content (AvgIpc) is 3.20. The number of aryl methyl sites for hydroxylation is 1. The lowest BCUT2D eigenvalue weighted by molar-refractivity contribution is 0.340. The number of amidine groups is 2. The molecule has 0 amide bonds. The molecule has 2 aliphatic heterocycles. The molecule has 168 valence electrons. The van der Waals surface area contributed by atoms with E-state index in [0.717, 1.165) is 51.4 Å². The van der Waals surface area contributed by atoms with Crippen LogP contribution in [-0.2, 0) is 6.54 Å². The number of nitrogens with zero attached hydrogens (tertiary/aromatic N) is 5. The number of benzene rings is 3. The van der Waals surface area contributed by atoms with Gasteiger partial charge < -0.3 is 15.0 Å². The summed E-state index contributed by atoms with van der Waals surface area (Å²) in [6.45, 7) is 5.33. The standard InChI is InChI=1S/C27H24N6O/c1-3-34-21-15-13-19(14-16-21)28-25-27-30-26-22(17-32(27)24-12-8-7-11-23(24)29-25)18(2)31-33(26)20-9-5-4-6-10-20/h4-16H,3,17H2,1-2H3,(H,28,29). The molecule has 0 aliphatic carbocycles. The van der Waals surface area contributed by atoms with Gasteiger partial charge in [-0.15, -0.1) is 0 Å². The van der Waals surface area contributed by atoms with Crippen molar-refractivity contribution in [2.24, 2.45) is 9.98 Å². The fourth-order valence-corrected chi connectivity index (χ4v) is 4.35. The minimum absolute atomic E-state index is 0.638. The number of aliphatic imine (C=N–C) groups is 2. The molecule has 0 unspecified atom stereocenters. The summed E-state index contributed by atoms with van der Waals surface area (Å²) in [6, 6.07) is 26.2. The maximum atomic E-state index is 5.58. The van der Waals surface area contributed by atoms with E-state index in [0.29, 0.717) is 19.0 Å². The Hall–Kier alpha value is -4.39. The number of rotatable bonds is 4. The smallest absolute Gasteiger partial charge is 0.179 e. The largest absolute Gasteiger partial charge is 0.494 e. The number of nitrogens with one attached hydrogen (secondary N) is 1. The van der Waals surface area contributed by atoms with Gasteiger partial charge in [0.15, 0.2) is 17.5 Å². The number of para-hydroxylation sites is 3. The van der Waals surface area contributed by atoms with Crippen LogP contribution < -0.4 is 15.0 Å². The van der Waals surface area contributed by atoms with Crippen molar-refractivity contribution in [1.82, 2.24) is 9.78 Å². The molecule has 6 rings (SSSR count). The first-order valence-corrected chi connectivity index (χ1v) is 11.4. The maximum absolute atomic E-state index is 5.58. The van der Waals surface area contributed by atoms with Crippen LogP contribution in [0.5, 0.6) is 5.75 Å². The number of ether oxygens (including phenoxy) is 1. The minimum Gasteiger partial charge on any atom is -0.494 e. The number of aromatic nitrogens is 2. The zero-order valence-corrected chi connectivity index (χ0v) is 19.1. The summed E-state index contributed by atoms with van der Waals surface area (Å²) in [5.74, 6) is 3.16. The zero-order valence-electron chi connectivity index (χ0n) is 19.1. The number of hydrogen-bond acceptors (Lipinski definition) is 6. The Morgan fingerprint density at radius 2 is 1.68 bits per heavy atom. The first-order chi connectivity index (χ1) is 16.7. The summed E-state index contributed by atoms with van der Waals surface area (Å²) < 4.78 is 7.50. The molecule has 7 heteroatoms. The molecule has 2 aliphatic rings. The molecule has 0 bridgehead atoms. The summed E-state index contributed by atoms with van der Waals surface area (Å²) in [4.78, 5) is 12.3. The van der Waals surface area contributed by atoms with Crippen molar-refractivity contribution < 1.29 is 4.74 Å². The molecule has 4 aromatic rings. The summed E-state index contributed by atoms with van der Waals surface area (Å²) >= 11 is 0. The van der Waals surface area contributed by atoms with Gasteiger partial charge in [-0.25, -0.2) is 14.7 Å². The van der Waals surface area contributed by atoms with Crippen molar-refractivity contribution in [2.45, 2.75) is 20.4 Å². The molecule has 0 radical (unpaired) electrons. The Morgan fingerprint density at radius 3 is 2.47 bits per heavy atom. The van der Waals surface area contributed by atoms with Crippen molar-refractivity contribution in [2.75, 3.05) is 16.8 Å². The average molecular weight is 449 g/mol. The Labute approximate surface area is 198 Å². The van der Waals surface area contributed by atoms with Crippen LogP contribution in [-0.4, -0.2) is 28.1 Å². The molecule has 0 saturated carbocycles. The van der Waals surface area contributed by atoms with Crippen LogP contribution in [0, 0.1) is 6.92 Å². The minimum atomic E-state index is 0.638. The lowest BCUT2D eigenvalue weighted by Gasteiger charge is -2.34. The topological polar surface area (TPSA) is 67.0 Å². The second-order valence-electron chi connectivity index (χ2n) is 8.19. The van der Waals surface area contributed by atoms with E-state index < -0.39 is 0 Å². The number of anilines is 2. The van der Waals surface area contributed by atoms with Crippen molar-refractivity contribution in [1.29, 1.82) is 0 Å². The molecule has 34 heavy (non-hydrogen) atoms. The van der Waals surface area contributed by atoms with Crippen molar-refractivity contribution in [3.63, 3.8) is 0 Å². The third-order valence-corrected chi connectivity index (χ3v) is 5.99. The summed E-state index contributed by atoms with van der Waals surface area (Å²) in [5, 5.41) is 8.30. The van der Waals surface area contributed by atoms with E-state index in [9.17, 15) is 0 Å². The molecule has 7 nitrogen and oxygen atoms in total. The fourth-order valence-electron chi connectivity index (χ4n) is 4.35. The highest BCUT2D eigenvalue weighted by molar-refractivity contribution is 6.51. The molecule has 1 N–H and O–H groups in total. The second-order valence-corrected chi connectivity index (χ2v) is 8.19. The highest BCUT2D eigenvalue weighted by Crippen LogP contribution is 2.40. The van der Waals surface area contributed by atoms with Gasteiger partial charge in [-0.3, -0.25) is 0 Å². The van der Waals surface area contributed by atoms with Crippen LogP contribution in [0.4, 0.5) is 22.9 Å². The SMILES string of the molecule is CCOc1ccc(NC2=Nc3ccccc3N3Cc4c(C)nn(-c5ccccc5)c4N=C23)cc1. The van der Waals surface area contributed by atoms with Crippen LogP contribution in [0.2, 0.25) is 0 Å². The number of fused-ring (bicyclic) bond motifs is 4. The molecule has 0 fully saturated rings. The van der Waals surface area contributed by atoms with E-state index in [4.69, 9.17) is 19.8 Å². The van der Waals surface area contributed by atoms with Gasteiger partial charge in [0.2, 0.25) is 0 Å². The molecular formula is C27H24N6O. The quantitative estimate of drug-likeness (QED) is 0.429. The highest BCUT2D eigenvalue weighted by Gasteiger charge is 2.33. The van der Waals surface area contributed by atoms with Gasteiger partial charge in [-0.2, -0.15) is 5.10 Å². The fraction of sp³-hybridized carbons (Fsp3) is 0.148. The zero-order chi connectivity index (χ0) is 23.1. The summed E-state index contributed by atoms with van der Waals surface area (Å²) in [7, 11) is 0. The van der Waals surface area contributed by atoms with E-state index >= 15 is 0 Å². The van der Waals surface area contributed by atoms with Crippen LogP contribution in [0.25, 0.3) is 5.69 Å². The predicted molar refractivity (Wildman–Crippen MR) is 136 cm³/mol. The molecule has 0 atom stereocenters. The Balaban J connectivity index is 1.46. The van der Waals surface area contributed by atoms with Gasteiger partial charge in [-0.1, -0.05) is 30.3 Å². The van der Waals surface area contributed by atoms with Gasteiger partial charge in [0.05, 0.1) is 35.9 Å². The third-order valence-electron chi connectivity index (χ3n) is 5.99. The van der Waals surface area contributed by atoms with E-state index in [2.05, 4.69) is 16.3 Å². The molecule has 3 aromatic carbocycles. The van der Waals surface area contributed by atoms with E-state index in [1.54, 1.807) is 0 Å². The van der Waals surface area contributed by atoms with Gasteiger partial charge in [0.25, 0.3) is 0 Å². The monoisotopic (exact) mass is 448 g/mol. The predicted octanol–water partition coefficient (Wildman–Crippen LogP) is 5.79. The second kappa shape index (κ2) is 8.19. The number of hydrogen-bond donors (Lipinski definition) is 1. The van der Waals surface area contributed by atoms with Crippen LogP contribution >= 0.6 is 0 Å². The Kier molecular flexibility index (Phi) is 4.87. The van der Waals surface area contributed by atoms with Gasteiger partial charge in [-0.05, 0) is 62.4 Å². The highest BCUT2D eigenvalue weighted by atomic mass is 16.5. The van der Waals surface area contributed by atoms with Crippen LogP contribution in [0.15, 0.2) is 88.8 Å². The molecule has 3 heterocycles. The summed E-state index contributed by atoms with van der Waals surface area (Å²) in [6.07, 6.45) is 0.